The van der Waals surface area contributed by atoms with Gasteiger partial charge in [-0.25, -0.2) is 0 Å². The van der Waals surface area contributed by atoms with Crippen LogP contribution >= 0.6 is 0 Å². The molecule has 1 aromatic carbocycles. The van der Waals surface area contributed by atoms with Gasteiger partial charge in [0, 0.05) is 13.1 Å². The van der Waals surface area contributed by atoms with Crippen molar-refractivity contribution in [2.45, 2.75) is 45.1 Å². The maximum Gasteiger partial charge on any atom is 0.239 e. The summed E-state index contributed by atoms with van der Waals surface area (Å²) in [5.41, 5.74) is 7.35. The first-order valence-corrected chi connectivity index (χ1v) is 7.79. The van der Waals surface area contributed by atoms with Crippen molar-refractivity contribution in [3.63, 3.8) is 0 Å². The summed E-state index contributed by atoms with van der Waals surface area (Å²) in [7, 11) is 0. The molecular weight excluding hydrogens is 248 g/mol. The average molecular weight is 274 g/mol. The second-order valence-corrected chi connectivity index (χ2v) is 5.86. The Morgan fingerprint density at radius 1 is 1.35 bits per heavy atom. The van der Waals surface area contributed by atoms with Crippen LogP contribution < -0.4 is 5.73 Å². The highest BCUT2D eigenvalue weighted by atomic mass is 16.2. The van der Waals surface area contributed by atoms with Gasteiger partial charge in [-0.05, 0) is 43.6 Å². The molecule has 110 valence electrons. The standard InChI is InChI=1S/C17H26N2O/c1-2-12-19(13-15-8-9-15)17(20)16(18)11-10-14-6-4-3-5-7-14/h3-7,15-16H,2,8-13,18H2,1H3/t16-/m0/s1. The number of benzene rings is 1. The van der Waals surface area contributed by atoms with Crippen LogP contribution in [0.1, 0.15) is 38.2 Å². The zero-order chi connectivity index (χ0) is 14.4. The molecule has 0 heterocycles. The third-order valence-corrected chi connectivity index (χ3v) is 3.88. The Balaban J connectivity index is 1.82. The number of aryl methyl sites for hydroxylation is 1. The van der Waals surface area contributed by atoms with Gasteiger partial charge in [0.1, 0.15) is 0 Å². The van der Waals surface area contributed by atoms with Crippen molar-refractivity contribution in [3.8, 4) is 0 Å². The molecule has 1 aliphatic rings. The topological polar surface area (TPSA) is 46.3 Å². The van der Waals surface area contributed by atoms with Gasteiger partial charge >= 0.3 is 0 Å². The lowest BCUT2D eigenvalue weighted by Crippen LogP contribution is -2.45. The molecule has 1 aromatic rings. The highest BCUT2D eigenvalue weighted by molar-refractivity contribution is 5.81. The minimum atomic E-state index is -0.361. The van der Waals surface area contributed by atoms with E-state index in [0.717, 1.165) is 38.3 Å². The van der Waals surface area contributed by atoms with Crippen molar-refractivity contribution >= 4 is 5.91 Å². The molecule has 20 heavy (non-hydrogen) atoms. The Morgan fingerprint density at radius 3 is 2.65 bits per heavy atom. The number of rotatable bonds is 8. The van der Waals surface area contributed by atoms with E-state index < -0.39 is 0 Å². The first-order valence-electron chi connectivity index (χ1n) is 7.79. The summed E-state index contributed by atoms with van der Waals surface area (Å²) in [6, 6.07) is 9.88. The summed E-state index contributed by atoms with van der Waals surface area (Å²) in [6.45, 7) is 3.86. The molecule has 1 atom stereocenters. The van der Waals surface area contributed by atoms with Gasteiger partial charge in [-0.2, -0.15) is 0 Å². The van der Waals surface area contributed by atoms with Gasteiger partial charge in [0.2, 0.25) is 5.91 Å². The van der Waals surface area contributed by atoms with Crippen LogP contribution in [0.5, 0.6) is 0 Å². The maximum absolute atomic E-state index is 12.4. The van der Waals surface area contributed by atoms with Crippen LogP contribution in [0.3, 0.4) is 0 Å². The molecule has 0 radical (unpaired) electrons. The van der Waals surface area contributed by atoms with E-state index in [-0.39, 0.29) is 11.9 Å². The smallest absolute Gasteiger partial charge is 0.239 e. The quantitative estimate of drug-likeness (QED) is 0.792. The van der Waals surface area contributed by atoms with E-state index in [1.807, 2.05) is 23.1 Å². The highest BCUT2D eigenvalue weighted by Crippen LogP contribution is 2.30. The molecule has 0 spiro atoms. The van der Waals surface area contributed by atoms with Crippen LogP contribution in [0.15, 0.2) is 30.3 Å². The predicted molar refractivity (Wildman–Crippen MR) is 82.3 cm³/mol. The summed E-state index contributed by atoms with van der Waals surface area (Å²) in [6.07, 6.45) is 5.15. The zero-order valence-corrected chi connectivity index (χ0v) is 12.4. The second kappa shape index (κ2) is 7.44. The van der Waals surface area contributed by atoms with Crippen LogP contribution in [0.2, 0.25) is 0 Å². The third kappa shape index (κ3) is 4.64. The molecule has 0 saturated heterocycles. The molecule has 1 saturated carbocycles. The minimum Gasteiger partial charge on any atom is -0.341 e. The Morgan fingerprint density at radius 2 is 2.05 bits per heavy atom. The second-order valence-electron chi connectivity index (χ2n) is 5.86. The van der Waals surface area contributed by atoms with Crippen molar-refractivity contribution in [1.82, 2.24) is 4.90 Å². The van der Waals surface area contributed by atoms with Crippen molar-refractivity contribution in [1.29, 1.82) is 0 Å². The number of hydrogen-bond donors (Lipinski definition) is 1. The fourth-order valence-electron chi connectivity index (χ4n) is 2.50. The summed E-state index contributed by atoms with van der Waals surface area (Å²) >= 11 is 0. The molecule has 1 aliphatic carbocycles. The van der Waals surface area contributed by atoms with E-state index in [1.165, 1.54) is 18.4 Å². The van der Waals surface area contributed by atoms with Gasteiger partial charge in [0.15, 0.2) is 0 Å². The van der Waals surface area contributed by atoms with E-state index in [1.54, 1.807) is 0 Å². The van der Waals surface area contributed by atoms with E-state index in [9.17, 15) is 4.79 Å². The molecule has 0 bridgehead atoms. The molecule has 1 fully saturated rings. The summed E-state index contributed by atoms with van der Waals surface area (Å²) in [5, 5.41) is 0. The average Bonchev–Trinajstić information content (AvgIpc) is 3.28. The largest absolute Gasteiger partial charge is 0.341 e. The number of hydrogen-bond acceptors (Lipinski definition) is 2. The van der Waals surface area contributed by atoms with Crippen LogP contribution in [0, 0.1) is 5.92 Å². The van der Waals surface area contributed by atoms with Gasteiger partial charge in [-0.3, -0.25) is 4.79 Å². The van der Waals surface area contributed by atoms with E-state index in [2.05, 4.69) is 19.1 Å². The first kappa shape index (κ1) is 15.0. The molecule has 0 aliphatic heterocycles. The molecule has 1 amide bonds. The lowest BCUT2D eigenvalue weighted by molar-refractivity contribution is -0.133. The van der Waals surface area contributed by atoms with Gasteiger partial charge in [-0.15, -0.1) is 0 Å². The van der Waals surface area contributed by atoms with Gasteiger partial charge in [0.25, 0.3) is 0 Å². The monoisotopic (exact) mass is 274 g/mol. The van der Waals surface area contributed by atoms with Crippen molar-refractivity contribution in [2.24, 2.45) is 11.7 Å². The first-order chi connectivity index (χ1) is 9.70. The van der Waals surface area contributed by atoms with E-state index >= 15 is 0 Å². The maximum atomic E-state index is 12.4. The van der Waals surface area contributed by atoms with Gasteiger partial charge < -0.3 is 10.6 Å². The number of carbonyl (C=O) groups is 1. The number of amides is 1. The minimum absolute atomic E-state index is 0.134. The lowest BCUT2D eigenvalue weighted by Gasteiger charge is -2.25. The Labute approximate surface area is 122 Å². The van der Waals surface area contributed by atoms with Crippen molar-refractivity contribution in [3.05, 3.63) is 35.9 Å². The number of nitrogens with zero attached hydrogens (tertiary/aromatic N) is 1. The van der Waals surface area contributed by atoms with Crippen LogP contribution in [0.4, 0.5) is 0 Å². The fourth-order valence-corrected chi connectivity index (χ4v) is 2.50. The molecule has 2 rings (SSSR count). The van der Waals surface area contributed by atoms with Crippen LogP contribution in [-0.2, 0) is 11.2 Å². The Hall–Kier alpha value is -1.35. The zero-order valence-electron chi connectivity index (χ0n) is 12.4. The molecule has 0 aromatic heterocycles. The molecule has 0 unspecified atom stereocenters. The van der Waals surface area contributed by atoms with Crippen molar-refractivity contribution in [2.75, 3.05) is 13.1 Å². The molecular formula is C17H26N2O. The summed E-state index contributed by atoms with van der Waals surface area (Å²) in [5.74, 6) is 0.863. The Bertz CT molecular complexity index is 414. The lowest BCUT2D eigenvalue weighted by atomic mass is 10.0. The predicted octanol–water partition coefficient (Wildman–Crippen LogP) is 2.60. The van der Waals surface area contributed by atoms with Gasteiger partial charge in [-0.1, -0.05) is 37.3 Å². The van der Waals surface area contributed by atoms with Crippen LogP contribution in [0.25, 0.3) is 0 Å². The summed E-state index contributed by atoms with van der Waals surface area (Å²) in [4.78, 5) is 14.4. The third-order valence-electron chi connectivity index (χ3n) is 3.88. The normalized spacial score (nSPS) is 15.9. The van der Waals surface area contributed by atoms with Gasteiger partial charge in [0.05, 0.1) is 6.04 Å². The van der Waals surface area contributed by atoms with E-state index in [4.69, 9.17) is 5.73 Å². The fraction of sp³-hybridized carbons (Fsp3) is 0.588. The molecule has 3 heteroatoms. The molecule has 3 nitrogen and oxygen atoms in total. The SMILES string of the molecule is CCCN(CC1CC1)C(=O)[C@@H](N)CCc1ccccc1. The Kier molecular flexibility index (Phi) is 5.60. The van der Waals surface area contributed by atoms with Crippen LogP contribution in [-0.4, -0.2) is 29.9 Å². The highest BCUT2D eigenvalue weighted by Gasteiger charge is 2.28. The summed E-state index contributed by atoms with van der Waals surface area (Å²) < 4.78 is 0. The molecule has 2 N–H and O–H groups in total. The number of carbonyl (C=O) groups excluding carboxylic acids is 1. The number of nitrogens with two attached hydrogens (primary N) is 1. The van der Waals surface area contributed by atoms with Crippen molar-refractivity contribution < 1.29 is 4.79 Å². The van der Waals surface area contributed by atoms with E-state index in [0.29, 0.717) is 0 Å².